The number of fused-ring (bicyclic) bond motifs is 4. The second-order valence-electron chi connectivity index (χ2n) is 8.36. The normalized spacial score (nSPS) is 23.8. The van der Waals surface area contributed by atoms with Crippen molar-refractivity contribution in [1.82, 2.24) is 20.5 Å². The van der Waals surface area contributed by atoms with Crippen molar-refractivity contribution in [2.45, 2.75) is 45.2 Å². The molecule has 4 N–H and O–H groups in total. The Morgan fingerprint density at radius 1 is 1.32 bits per heavy atom. The molecule has 11 heteroatoms. The molecule has 0 radical (unpaired) electrons. The summed E-state index contributed by atoms with van der Waals surface area (Å²) in [5.41, 5.74) is 6.74. The van der Waals surface area contributed by atoms with Crippen LogP contribution >= 0.6 is 22.9 Å². The lowest BCUT2D eigenvalue weighted by Crippen LogP contribution is -2.43. The molecule has 31 heavy (non-hydrogen) atoms. The van der Waals surface area contributed by atoms with Gasteiger partial charge in [-0.25, -0.2) is 4.98 Å². The van der Waals surface area contributed by atoms with Crippen molar-refractivity contribution < 1.29 is 9.59 Å². The zero-order chi connectivity index (χ0) is 22.1. The number of rotatable bonds is 6. The van der Waals surface area contributed by atoms with Crippen molar-refractivity contribution in [3.05, 3.63) is 17.4 Å². The van der Waals surface area contributed by atoms with E-state index in [4.69, 9.17) is 17.3 Å². The largest absolute Gasteiger partial charge is 0.373 e. The van der Waals surface area contributed by atoms with Gasteiger partial charge in [0, 0.05) is 37.9 Å². The standard InChI is InChI=1S/C20H26ClN7O2S/c1-10(18(22)30)24-16-6-17(21)23-7-14(16)19-26-27-20(31-19)28-8-12-3-4-13(9-28)15(5-12)25-11(2)29/h6-7,10,12-13,15H,3-5,8-9H2,1-2H3,(H2,22,30)(H,23,24)(H,25,29)/t10-,12+,13+,15-/m1/s1. The van der Waals surface area contributed by atoms with Crippen LogP contribution in [0, 0.1) is 11.8 Å². The smallest absolute Gasteiger partial charge is 0.239 e. The number of primary amides is 1. The highest BCUT2D eigenvalue weighted by Gasteiger charge is 2.37. The summed E-state index contributed by atoms with van der Waals surface area (Å²) in [6, 6.07) is 1.30. The van der Waals surface area contributed by atoms with Crippen molar-refractivity contribution in [1.29, 1.82) is 0 Å². The van der Waals surface area contributed by atoms with E-state index in [0.717, 1.165) is 36.6 Å². The van der Waals surface area contributed by atoms with E-state index >= 15 is 0 Å². The highest BCUT2D eigenvalue weighted by molar-refractivity contribution is 7.18. The van der Waals surface area contributed by atoms with Gasteiger partial charge in [-0.3, -0.25) is 9.59 Å². The lowest BCUT2D eigenvalue weighted by molar-refractivity contribution is -0.120. The predicted octanol–water partition coefficient (Wildman–Crippen LogP) is 2.28. The Morgan fingerprint density at radius 3 is 2.87 bits per heavy atom. The van der Waals surface area contributed by atoms with Crippen LogP contribution in [0.25, 0.3) is 10.6 Å². The van der Waals surface area contributed by atoms with Crippen molar-refractivity contribution in [3.8, 4) is 10.6 Å². The molecule has 2 amide bonds. The Balaban J connectivity index is 1.57. The molecule has 166 valence electrons. The van der Waals surface area contributed by atoms with Gasteiger partial charge in [-0.15, -0.1) is 10.2 Å². The van der Waals surface area contributed by atoms with Gasteiger partial charge < -0.3 is 21.3 Å². The average Bonchev–Trinajstić information content (AvgIpc) is 3.01. The fourth-order valence-electron chi connectivity index (χ4n) is 4.44. The third-order valence-electron chi connectivity index (χ3n) is 6.01. The number of carbonyl (C=O) groups excluding carboxylic acids is 2. The SMILES string of the molecule is CC(=O)N[C@@H]1C[C@@H]2CC[C@H]1CN(c1nnc(-c3cnc(Cl)cc3N[C@H](C)C(N)=O)s1)C2. The maximum atomic E-state index is 11.6. The number of nitrogens with one attached hydrogen (secondary N) is 2. The van der Waals surface area contributed by atoms with Crippen molar-refractivity contribution in [3.63, 3.8) is 0 Å². The number of hydrogen-bond acceptors (Lipinski definition) is 8. The minimum atomic E-state index is -0.573. The van der Waals surface area contributed by atoms with E-state index in [1.54, 1.807) is 26.1 Å². The van der Waals surface area contributed by atoms with Crippen molar-refractivity contribution in [2.75, 3.05) is 23.3 Å². The monoisotopic (exact) mass is 463 g/mol. The molecule has 2 aliphatic heterocycles. The number of nitrogens with zero attached hydrogens (tertiary/aromatic N) is 4. The van der Waals surface area contributed by atoms with E-state index in [9.17, 15) is 9.59 Å². The minimum absolute atomic E-state index is 0.0303. The van der Waals surface area contributed by atoms with Crippen LogP contribution in [0.2, 0.25) is 5.15 Å². The van der Waals surface area contributed by atoms with Crippen molar-refractivity contribution in [2.24, 2.45) is 17.6 Å². The molecule has 9 nitrogen and oxygen atoms in total. The summed E-state index contributed by atoms with van der Waals surface area (Å²) in [4.78, 5) is 29.5. The van der Waals surface area contributed by atoms with Gasteiger partial charge in [0.25, 0.3) is 0 Å². The quantitative estimate of drug-likeness (QED) is 0.561. The molecule has 1 aliphatic carbocycles. The molecular weight excluding hydrogens is 438 g/mol. The lowest BCUT2D eigenvalue weighted by atomic mass is 9.80. The number of pyridine rings is 1. The Bertz CT molecular complexity index is 984. The van der Waals surface area contributed by atoms with E-state index in [1.807, 2.05) is 0 Å². The number of halogens is 1. The van der Waals surface area contributed by atoms with Crippen LogP contribution in [0.1, 0.15) is 33.1 Å². The summed E-state index contributed by atoms with van der Waals surface area (Å²) in [5, 5.41) is 16.9. The average molecular weight is 464 g/mol. The summed E-state index contributed by atoms with van der Waals surface area (Å²) >= 11 is 7.54. The fraction of sp³-hybridized carbons (Fsp3) is 0.550. The summed E-state index contributed by atoms with van der Waals surface area (Å²) in [6.45, 7) is 5.02. The van der Waals surface area contributed by atoms with Crippen LogP contribution in [0.5, 0.6) is 0 Å². The van der Waals surface area contributed by atoms with Crippen molar-refractivity contribution >= 4 is 45.6 Å². The number of anilines is 2. The Morgan fingerprint density at radius 2 is 2.13 bits per heavy atom. The Hall–Kier alpha value is -2.46. The first-order chi connectivity index (χ1) is 14.8. The molecule has 2 bridgehead atoms. The summed E-state index contributed by atoms with van der Waals surface area (Å²) in [7, 11) is 0. The zero-order valence-corrected chi connectivity index (χ0v) is 19.0. The van der Waals surface area contributed by atoms with E-state index < -0.39 is 11.9 Å². The van der Waals surface area contributed by atoms with Crippen LogP contribution in [0.4, 0.5) is 10.8 Å². The lowest BCUT2D eigenvalue weighted by Gasteiger charge is -2.32. The molecule has 2 saturated heterocycles. The summed E-state index contributed by atoms with van der Waals surface area (Å²) < 4.78 is 0. The van der Waals surface area contributed by atoms with Gasteiger partial charge in [0.15, 0.2) is 5.01 Å². The molecule has 2 aromatic heterocycles. The third-order valence-corrected chi connectivity index (χ3v) is 7.23. The molecule has 1 saturated carbocycles. The fourth-order valence-corrected chi connectivity index (χ4v) is 5.49. The second kappa shape index (κ2) is 8.96. The number of nitrogens with two attached hydrogens (primary N) is 1. The predicted molar refractivity (Wildman–Crippen MR) is 121 cm³/mol. The van der Waals surface area contributed by atoms with Gasteiger partial charge in [0.2, 0.25) is 16.9 Å². The zero-order valence-electron chi connectivity index (χ0n) is 17.5. The summed E-state index contributed by atoms with van der Waals surface area (Å²) in [5.74, 6) is 0.489. The number of aromatic nitrogens is 3. The molecule has 0 aromatic carbocycles. The van der Waals surface area contributed by atoms with Gasteiger partial charge in [-0.1, -0.05) is 22.9 Å². The van der Waals surface area contributed by atoms with E-state index in [-0.39, 0.29) is 11.9 Å². The van der Waals surface area contributed by atoms with Crippen LogP contribution in [-0.2, 0) is 9.59 Å². The molecule has 4 heterocycles. The Labute approximate surface area is 189 Å². The van der Waals surface area contributed by atoms with Crippen LogP contribution in [0.3, 0.4) is 0 Å². The van der Waals surface area contributed by atoms with Gasteiger partial charge in [0.1, 0.15) is 11.2 Å². The number of amides is 2. The van der Waals surface area contributed by atoms with E-state index in [0.29, 0.717) is 27.7 Å². The highest BCUT2D eigenvalue weighted by Crippen LogP contribution is 2.39. The van der Waals surface area contributed by atoms with Crippen LogP contribution in [0.15, 0.2) is 12.3 Å². The Kier molecular flexibility index (Phi) is 6.29. The third kappa shape index (κ3) is 4.90. The van der Waals surface area contributed by atoms with Gasteiger partial charge >= 0.3 is 0 Å². The number of carbonyl (C=O) groups is 2. The molecule has 4 atom stereocenters. The number of hydrogen-bond donors (Lipinski definition) is 3. The van der Waals surface area contributed by atoms with Gasteiger partial charge in [0.05, 0.1) is 5.56 Å². The highest BCUT2D eigenvalue weighted by atomic mass is 35.5. The topological polar surface area (TPSA) is 126 Å². The maximum absolute atomic E-state index is 11.6. The van der Waals surface area contributed by atoms with E-state index in [2.05, 4.69) is 30.7 Å². The van der Waals surface area contributed by atoms with Crippen LogP contribution < -0.4 is 21.3 Å². The van der Waals surface area contributed by atoms with Gasteiger partial charge in [-0.05, 0) is 44.1 Å². The summed E-state index contributed by atoms with van der Waals surface area (Å²) in [6.07, 6.45) is 4.91. The minimum Gasteiger partial charge on any atom is -0.373 e. The molecular formula is C20H26ClN7O2S. The van der Waals surface area contributed by atoms with Crippen LogP contribution in [-0.4, -0.2) is 52.2 Å². The molecule has 0 spiro atoms. The molecule has 3 fully saturated rings. The van der Waals surface area contributed by atoms with E-state index in [1.165, 1.54) is 17.8 Å². The molecule has 2 aromatic rings. The first kappa shape index (κ1) is 21.8. The molecule has 0 unspecified atom stereocenters. The first-order valence-electron chi connectivity index (χ1n) is 10.4. The van der Waals surface area contributed by atoms with Gasteiger partial charge in [-0.2, -0.15) is 0 Å². The maximum Gasteiger partial charge on any atom is 0.239 e. The molecule has 3 aliphatic rings. The first-order valence-corrected chi connectivity index (χ1v) is 11.6. The molecule has 5 rings (SSSR count). The second-order valence-corrected chi connectivity index (χ2v) is 9.71.